The van der Waals surface area contributed by atoms with Gasteiger partial charge in [-0.25, -0.2) is 14.2 Å². The predicted octanol–water partition coefficient (Wildman–Crippen LogP) is 5.31. The molecule has 5 rings (SSSR count). The average Bonchev–Trinajstić information content (AvgIpc) is 3.30. The van der Waals surface area contributed by atoms with E-state index >= 15 is 0 Å². The zero-order valence-electron chi connectivity index (χ0n) is 25.1. The van der Waals surface area contributed by atoms with Crippen molar-refractivity contribution in [1.82, 2.24) is 4.57 Å². The number of methoxy groups -OCH3 is 1. The zero-order valence-corrected chi connectivity index (χ0v) is 25.9. The highest BCUT2D eigenvalue weighted by Gasteiger charge is 2.34. The van der Waals surface area contributed by atoms with Crippen LogP contribution in [0, 0.1) is 5.82 Å². The minimum absolute atomic E-state index is 0.0767. The number of ether oxygens (including phenoxy) is 4. The molecule has 2 heterocycles. The second-order valence-electron chi connectivity index (χ2n) is 10.3. The Morgan fingerprint density at radius 3 is 2.52 bits per heavy atom. The van der Waals surface area contributed by atoms with Crippen LogP contribution in [-0.2, 0) is 16.1 Å². The Kier molecular flexibility index (Phi) is 9.29. The van der Waals surface area contributed by atoms with Crippen LogP contribution in [0.4, 0.5) is 4.39 Å². The number of esters is 1. The number of fused-ring (bicyclic) bond motifs is 1. The van der Waals surface area contributed by atoms with E-state index < -0.39 is 12.0 Å². The highest BCUT2D eigenvalue weighted by molar-refractivity contribution is 7.07. The van der Waals surface area contributed by atoms with E-state index in [9.17, 15) is 14.0 Å². The number of carbonyl (C=O) groups excluding carboxylic acids is 1. The first-order valence-corrected chi connectivity index (χ1v) is 15.0. The van der Waals surface area contributed by atoms with Crippen LogP contribution in [-0.4, -0.2) is 30.4 Å². The van der Waals surface area contributed by atoms with Crippen LogP contribution in [0.3, 0.4) is 0 Å². The molecule has 0 aliphatic carbocycles. The van der Waals surface area contributed by atoms with Gasteiger partial charge in [0.15, 0.2) is 16.3 Å². The van der Waals surface area contributed by atoms with Crippen molar-refractivity contribution < 1.29 is 28.1 Å². The van der Waals surface area contributed by atoms with Crippen LogP contribution in [0.2, 0.25) is 0 Å². The van der Waals surface area contributed by atoms with E-state index in [1.165, 1.54) is 28.0 Å². The number of hydrogen-bond donors (Lipinski definition) is 0. The molecule has 44 heavy (non-hydrogen) atoms. The van der Waals surface area contributed by atoms with Crippen molar-refractivity contribution in [3.63, 3.8) is 0 Å². The lowest BCUT2D eigenvalue weighted by molar-refractivity contribution is -0.139. The van der Waals surface area contributed by atoms with Crippen LogP contribution in [0.25, 0.3) is 6.08 Å². The third-order valence-corrected chi connectivity index (χ3v) is 7.88. The smallest absolute Gasteiger partial charge is 0.338 e. The van der Waals surface area contributed by atoms with E-state index in [1.807, 2.05) is 44.2 Å². The first kappa shape index (κ1) is 30.7. The van der Waals surface area contributed by atoms with Crippen molar-refractivity contribution in [3.05, 3.63) is 120 Å². The quantitative estimate of drug-likeness (QED) is 0.225. The molecule has 0 bridgehead atoms. The molecule has 1 atom stereocenters. The lowest BCUT2D eigenvalue weighted by Gasteiger charge is -2.25. The Morgan fingerprint density at radius 1 is 1.07 bits per heavy atom. The molecule has 1 aliphatic heterocycles. The van der Waals surface area contributed by atoms with Crippen molar-refractivity contribution in [2.75, 3.05) is 13.7 Å². The minimum atomic E-state index is -0.806. The minimum Gasteiger partial charge on any atom is -0.493 e. The number of thiazole rings is 1. The predicted molar refractivity (Wildman–Crippen MR) is 166 cm³/mol. The van der Waals surface area contributed by atoms with Gasteiger partial charge in [0.1, 0.15) is 18.2 Å². The standard InChI is InChI=1S/C34H33FN2O6S/c1-6-41-33(39)30-21(4)36-34-37(31(30)24-13-16-27(43-20(2)3)28(17-24)40-5)32(38)29(44-34)18-23-9-7-8-10-26(23)42-19-22-11-14-25(35)15-12-22/h7-18,20,31H,6,19H2,1-5H3/b29-18-/t31-/m1/s1. The maximum absolute atomic E-state index is 14.1. The van der Waals surface area contributed by atoms with Gasteiger partial charge >= 0.3 is 5.97 Å². The summed E-state index contributed by atoms with van der Waals surface area (Å²) in [6.07, 6.45) is 1.68. The fraction of sp³-hybridized carbons (Fsp3) is 0.265. The van der Waals surface area contributed by atoms with Gasteiger partial charge in [-0.3, -0.25) is 9.36 Å². The number of hydrogen-bond acceptors (Lipinski definition) is 8. The number of aromatic nitrogens is 1. The maximum atomic E-state index is 14.1. The molecule has 8 nitrogen and oxygen atoms in total. The molecule has 10 heteroatoms. The molecule has 0 unspecified atom stereocenters. The van der Waals surface area contributed by atoms with Gasteiger partial charge in [0.2, 0.25) is 0 Å². The summed E-state index contributed by atoms with van der Waals surface area (Å²) in [7, 11) is 1.54. The summed E-state index contributed by atoms with van der Waals surface area (Å²) in [5, 5.41) is 0. The number of carbonyl (C=O) groups is 1. The summed E-state index contributed by atoms with van der Waals surface area (Å²) < 4.78 is 38.2. The fourth-order valence-electron chi connectivity index (χ4n) is 4.93. The van der Waals surface area contributed by atoms with Crippen molar-refractivity contribution in [1.29, 1.82) is 0 Å². The molecule has 0 radical (unpaired) electrons. The van der Waals surface area contributed by atoms with Crippen LogP contribution >= 0.6 is 11.3 Å². The third-order valence-electron chi connectivity index (χ3n) is 6.90. The van der Waals surface area contributed by atoms with Gasteiger partial charge in [0.25, 0.3) is 5.56 Å². The summed E-state index contributed by atoms with van der Waals surface area (Å²) in [4.78, 5) is 32.5. The zero-order chi connectivity index (χ0) is 31.4. The first-order valence-electron chi connectivity index (χ1n) is 14.2. The third kappa shape index (κ3) is 6.45. The molecule has 228 valence electrons. The van der Waals surface area contributed by atoms with Gasteiger partial charge in [0, 0.05) is 5.56 Å². The Labute approximate surface area is 258 Å². The normalized spacial score (nSPS) is 14.7. The molecule has 4 aromatic rings. The molecule has 0 N–H and O–H groups in total. The van der Waals surface area contributed by atoms with Crippen molar-refractivity contribution in [2.24, 2.45) is 4.99 Å². The summed E-state index contributed by atoms with van der Waals surface area (Å²) in [5.74, 6) is 0.724. The topological polar surface area (TPSA) is 88.4 Å². The SMILES string of the molecule is CCOC(=O)C1=C(C)N=c2s/c(=C\c3ccccc3OCc3ccc(F)cc3)c(=O)n2[C@@H]1c1ccc(OC(C)C)c(OC)c1. The maximum Gasteiger partial charge on any atom is 0.338 e. The van der Waals surface area contributed by atoms with E-state index in [1.54, 1.807) is 51.3 Å². The molecular formula is C34H33FN2O6S. The van der Waals surface area contributed by atoms with Crippen LogP contribution in [0.5, 0.6) is 17.2 Å². The largest absolute Gasteiger partial charge is 0.493 e. The van der Waals surface area contributed by atoms with E-state index in [-0.39, 0.29) is 36.3 Å². The monoisotopic (exact) mass is 616 g/mol. The van der Waals surface area contributed by atoms with Gasteiger partial charge in [-0.15, -0.1) is 0 Å². The number of nitrogens with zero attached hydrogens (tertiary/aromatic N) is 2. The van der Waals surface area contributed by atoms with Gasteiger partial charge in [-0.1, -0.05) is 47.7 Å². The van der Waals surface area contributed by atoms with E-state index in [2.05, 4.69) is 4.99 Å². The fourth-order valence-corrected chi connectivity index (χ4v) is 5.96. The van der Waals surface area contributed by atoms with Crippen molar-refractivity contribution in [3.8, 4) is 17.2 Å². The molecule has 0 saturated heterocycles. The summed E-state index contributed by atoms with van der Waals surface area (Å²) >= 11 is 1.22. The number of benzene rings is 3. The molecule has 3 aromatic carbocycles. The highest BCUT2D eigenvalue weighted by Crippen LogP contribution is 2.36. The van der Waals surface area contributed by atoms with E-state index in [4.69, 9.17) is 18.9 Å². The number of para-hydroxylation sites is 1. The molecular weight excluding hydrogens is 583 g/mol. The van der Waals surface area contributed by atoms with Crippen molar-refractivity contribution in [2.45, 2.75) is 46.4 Å². The van der Waals surface area contributed by atoms with Crippen LogP contribution in [0.15, 0.2) is 87.8 Å². The Hall–Kier alpha value is -4.70. The number of rotatable bonds is 10. The molecule has 0 fully saturated rings. The van der Waals surface area contributed by atoms with E-state index in [0.29, 0.717) is 43.4 Å². The molecule has 0 spiro atoms. The molecule has 1 aliphatic rings. The van der Waals surface area contributed by atoms with Crippen LogP contribution < -0.4 is 29.1 Å². The average molecular weight is 617 g/mol. The van der Waals surface area contributed by atoms with Gasteiger partial charge in [-0.2, -0.15) is 0 Å². The molecule has 0 amide bonds. The lowest BCUT2D eigenvalue weighted by Crippen LogP contribution is -2.40. The van der Waals surface area contributed by atoms with Crippen molar-refractivity contribution >= 4 is 23.4 Å². The number of halogens is 1. The Bertz CT molecular complexity index is 1890. The Morgan fingerprint density at radius 2 is 1.82 bits per heavy atom. The summed E-state index contributed by atoms with van der Waals surface area (Å²) in [5.41, 5.74) is 2.56. The second kappa shape index (κ2) is 13.3. The van der Waals surface area contributed by atoms with Crippen LogP contribution in [0.1, 0.15) is 50.4 Å². The number of allylic oxidation sites excluding steroid dienone is 1. The van der Waals surface area contributed by atoms with Gasteiger partial charge < -0.3 is 18.9 Å². The van der Waals surface area contributed by atoms with Gasteiger partial charge in [0.05, 0.1) is 41.7 Å². The molecule has 0 saturated carbocycles. The Balaban J connectivity index is 1.61. The first-order chi connectivity index (χ1) is 21.2. The summed E-state index contributed by atoms with van der Waals surface area (Å²) in [6, 6.07) is 18.0. The highest BCUT2D eigenvalue weighted by atomic mass is 32.1. The lowest BCUT2D eigenvalue weighted by atomic mass is 9.95. The van der Waals surface area contributed by atoms with Gasteiger partial charge in [-0.05, 0) is 75.2 Å². The summed E-state index contributed by atoms with van der Waals surface area (Å²) in [6.45, 7) is 7.71. The second-order valence-corrected chi connectivity index (χ2v) is 11.3. The molecule has 1 aromatic heterocycles. The van der Waals surface area contributed by atoms with E-state index in [0.717, 1.165) is 5.56 Å².